The fourth-order valence-corrected chi connectivity index (χ4v) is 3.46. The lowest BCUT2D eigenvalue weighted by atomic mass is 9.91. The number of amides is 1. The molecule has 4 nitrogen and oxygen atoms in total. The van der Waals surface area contributed by atoms with Gasteiger partial charge in [-0.15, -0.1) is 0 Å². The Morgan fingerprint density at radius 3 is 2.81 bits per heavy atom. The largest absolute Gasteiger partial charge is 0.326 e. The highest BCUT2D eigenvalue weighted by Crippen LogP contribution is 2.32. The number of aryl methyl sites for hydroxylation is 3. The number of anilines is 1. The van der Waals surface area contributed by atoms with Gasteiger partial charge in [0.05, 0.1) is 6.33 Å². The fourth-order valence-electron chi connectivity index (χ4n) is 3.46. The standard InChI is InChI=1S/C22H21N3O/c1-15-3-6-19(16(2)11-15)20(13-25-10-9-23-14-25)17-4-7-21-18(12-17)5-8-22(26)24-21/h3-4,6-7,9-14H,5,8H2,1-2H3,(H,24,26). The second kappa shape index (κ2) is 6.64. The lowest BCUT2D eigenvalue weighted by Crippen LogP contribution is -2.18. The van der Waals surface area contributed by atoms with E-state index in [0.29, 0.717) is 6.42 Å². The van der Waals surface area contributed by atoms with E-state index in [-0.39, 0.29) is 5.91 Å². The van der Waals surface area contributed by atoms with E-state index in [4.69, 9.17) is 0 Å². The van der Waals surface area contributed by atoms with Gasteiger partial charge in [0.2, 0.25) is 5.91 Å². The maximum absolute atomic E-state index is 11.6. The zero-order valence-corrected chi connectivity index (χ0v) is 15.0. The first-order chi connectivity index (χ1) is 12.6. The number of nitrogens with zero attached hydrogens (tertiary/aromatic N) is 2. The van der Waals surface area contributed by atoms with Gasteiger partial charge in [0.1, 0.15) is 0 Å². The van der Waals surface area contributed by atoms with Crippen LogP contribution in [-0.2, 0) is 11.2 Å². The minimum atomic E-state index is 0.0915. The Kier molecular flexibility index (Phi) is 4.17. The normalized spacial score (nSPS) is 14.1. The number of hydrogen-bond acceptors (Lipinski definition) is 2. The van der Waals surface area contributed by atoms with Crippen LogP contribution in [0.1, 0.15) is 34.2 Å². The molecule has 1 amide bonds. The molecule has 0 fully saturated rings. The highest BCUT2D eigenvalue weighted by Gasteiger charge is 2.17. The third kappa shape index (κ3) is 3.18. The molecule has 0 atom stereocenters. The molecular weight excluding hydrogens is 322 g/mol. The number of carbonyl (C=O) groups is 1. The highest BCUT2D eigenvalue weighted by molar-refractivity contribution is 5.95. The molecule has 0 saturated carbocycles. The molecule has 3 aromatic rings. The number of carbonyl (C=O) groups excluding carboxylic acids is 1. The van der Waals surface area contributed by atoms with E-state index in [0.717, 1.165) is 23.2 Å². The summed E-state index contributed by atoms with van der Waals surface area (Å²) in [5, 5.41) is 2.96. The molecule has 1 aliphatic heterocycles. The van der Waals surface area contributed by atoms with Gasteiger partial charge in [-0.2, -0.15) is 0 Å². The van der Waals surface area contributed by atoms with E-state index in [1.54, 1.807) is 12.5 Å². The van der Waals surface area contributed by atoms with E-state index in [1.165, 1.54) is 22.3 Å². The molecule has 0 saturated heterocycles. The van der Waals surface area contributed by atoms with Crippen LogP contribution in [0.5, 0.6) is 0 Å². The van der Waals surface area contributed by atoms with Crippen molar-refractivity contribution in [2.45, 2.75) is 26.7 Å². The van der Waals surface area contributed by atoms with Gasteiger partial charge >= 0.3 is 0 Å². The van der Waals surface area contributed by atoms with Crippen LogP contribution in [0, 0.1) is 13.8 Å². The number of benzene rings is 2. The lowest BCUT2D eigenvalue weighted by molar-refractivity contribution is -0.116. The van der Waals surface area contributed by atoms with Gasteiger partial charge in [0, 0.05) is 36.3 Å². The Bertz CT molecular complexity index is 1000. The Hall–Kier alpha value is -3.14. The maximum Gasteiger partial charge on any atom is 0.224 e. The van der Waals surface area contributed by atoms with Crippen LogP contribution in [-0.4, -0.2) is 15.5 Å². The second-order valence-electron chi connectivity index (χ2n) is 6.79. The van der Waals surface area contributed by atoms with E-state index in [2.05, 4.69) is 60.7 Å². The molecule has 2 heterocycles. The lowest BCUT2D eigenvalue weighted by Gasteiger charge is -2.19. The molecule has 4 heteroatoms. The number of fused-ring (bicyclic) bond motifs is 1. The molecule has 130 valence electrons. The van der Waals surface area contributed by atoms with Crippen molar-refractivity contribution in [2.24, 2.45) is 0 Å². The highest BCUT2D eigenvalue weighted by atomic mass is 16.1. The molecule has 1 aromatic heterocycles. The smallest absolute Gasteiger partial charge is 0.224 e. The average Bonchev–Trinajstić information content (AvgIpc) is 3.13. The van der Waals surface area contributed by atoms with Gasteiger partial charge in [-0.25, -0.2) is 4.98 Å². The first-order valence-electron chi connectivity index (χ1n) is 8.80. The summed E-state index contributed by atoms with van der Waals surface area (Å²) in [6.45, 7) is 4.25. The molecule has 0 bridgehead atoms. The third-order valence-electron chi connectivity index (χ3n) is 4.79. The molecule has 4 rings (SSSR count). The van der Waals surface area contributed by atoms with Crippen LogP contribution in [0.3, 0.4) is 0 Å². The molecule has 2 aromatic carbocycles. The maximum atomic E-state index is 11.6. The molecule has 1 aliphatic rings. The average molecular weight is 343 g/mol. The minimum absolute atomic E-state index is 0.0915. The molecule has 1 N–H and O–H groups in total. The van der Waals surface area contributed by atoms with Crippen LogP contribution in [0.4, 0.5) is 5.69 Å². The van der Waals surface area contributed by atoms with Crippen molar-refractivity contribution >= 4 is 23.4 Å². The van der Waals surface area contributed by atoms with Crippen molar-refractivity contribution in [3.05, 3.63) is 82.9 Å². The SMILES string of the molecule is Cc1ccc(C(=Cn2ccnc2)c2ccc3c(c2)CCC(=O)N3)c(C)c1. The Labute approximate surface area is 153 Å². The van der Waals surface area contributed by atoms with Gasteiger partial charge in [-0.3, -0.25) is 4.79 Å². The summed E-state index contributed by atoms with van der Waals surface area (Å²) < 4.78 is 1.97. The summed E-state index contributed by atoms with van der Waals surface area (Å²) in [4.78, 5) is 15.8. The summed E-state index contributed by atoms with van der Waals surface area (Å²) >= 11 is 0. The van der Waals surface area contributed by atoms with Crippen LogP contribution in [0.15, 0.2) is 55.1 Å². The van der Waals surface area contributed by atoms with E-state index < -0.39 is 0 Å². The second-order valence-corrected chi connectivity index (χ2v) is 6.79. The Morgan fingerprint density at radius 2 is 2.04 bits per heavy atom. The van der Waals surface area contributed by atoms with Crippen LogP contribution >= 0.6 is 0 Å². The summed E-state index contributed by atoms with van der Waals surface area (Å²) in [6.07, 6.45) is 8.93. The van der Waals surface area contributed by atoms with Gasteiger partial charge in [-0.1, -0.05) is 29.8 Å². The molecule has 0 radical (unpaired) electrons. The van der Waals surface area contributed by atoms with E-state index in [9.17, 15) is 4.79 Å². The zero-order valence-electron chi connectivity index (χ0n) is 15.0. The van der Waals surface area contributed by atoms with Crippen molar-refractivity contribution in [1.29, 1.82) is 0 Å². The molecule has 26 heavy (non-hydrogen) atoms. The first kappa shape index (κ1) is 16.3. The predicted molar refractivity (Wildman–Crippen MR) is 105 cm³/mol. The third-order valence-corrected chi connectivity index (χ3v) is 4.79. The molecule has 0 spiro atoms. The first-order valence-corrected chi connectivity index (χ1v) is 8.80. The van der Waals surface area contributed by atoms with Gasteiger partial charge in [0.25, 0.3) is 0 Å². The minimum Gasteiger partial charge on any atom is -0.326 e. The van der Waals surface area contributed by atoms with Crippen LogP contribution in [0.25, 0.3) is 11.8 Å². The van der Waals surface area contributed by atoms with Gasteiger partial charge in [0.15, 0.2) is 0 Å². The summed E-state index contributed by atoms with van der Waals surface area (Å²) in [6, 6.07) is 12.8. The monoisotopic (exact) mass is 343 g/mol. The van der Waals surface area contributed by atoms with Crippen molar-refractivity contribution in [1.82, 2.24) is 9.55 Å². The summed E-state index contributed by atoms with van der Waals surface area (Å²) in [5.41, 5.74) is 8.07. The summed E-state index contributed by atoms with van der Waals surface area (Å²) in [7, 11) is 0. The summed E-state index contributed by atoms with van der Waals surface area (Å²) in [5.74, 6) is 0.0915. The zero-order chi connectivity index (χ0) is 18.1. The fraction of sp³-hybridized carbons (Fsp3) is 0.182. The number of nitrogens with one attached hydrogen (secondary N) is 1. The molecule has 0 unspecified atom stereocenters. The number of hydrogen-bond donors (Lipinski definition) is 1. The molecule has 0 aliphatic carbocycles. The van der Waals surface area contributed by atoms with Crippen molar-refractivity contribution in [3.63, 3.8) is 0 Å². The van der Waals surface area contributed by atoms with Gasteiger partial charge in [-0.05, 0) is 54.7 Å². The van der Waals surface area contributed by atoms with E-state index in [1.807, 2.05) is 16.8 Å². The van der Waals surface area contributed by atoms with Crippen LogP contribution in [0.2, 0.25) is 0 Å². The number of rotatable bonds is 3. The Morgan fingerprint density at radius 1 is 1.15 bits per heavy atom. The van der Waals surface area contributed by atoms with Crippen molar-refractivity contribution in [3.8, 4) is 0 Å². The van der Waals surface area contributed by atoms with Crippen molar-refractivity contribution in [2.75, 3.05) is 5.32 Å². The van der Waals surface area contributed by atoms with Crippen LogP contribution < -0.4 is 5.32 Å². The quantitative estimate of drug-likeness (QED) is 0.765. The molecular formula is C22H21N3O. The van der Waals surface area contributed by atoms with E-state index >= 15 is 0 Å². The number of aromatic nitrogens is 2. The number of imidazole rings is 1. The predicted octanol–water partition coefficient (Wildman–Crippen LogP) is 4.43. The van der Waals surface area contributed by atoms with Crippen molar-refractivity contribution < 1.29 is 4.79 Å². The van der Waals surface area contributed by atoms with Gasteiger partial charge < -0.3 is 9.88 Å². The topological polar surface area (TPSA) is 46.9 Å². The Balaban J connectivity index is 1.85.